The Hall–Kier alpha value is -0.0800. The molecule has 0 amide bonds. The molecule has 0 aliphatic carbocycles. The van der Waals surface area contributed by atoms with E-state index in [1.54, 1.807) is 0 Å². The van der Waals surface area contributed by atoms with Crippen LogP contribution in [-0.4, -0.2) is 42.1 Å². The molecule has 2 heteroatoms. The molecule has 0 atom stereocenters. The summed E-state index contributed by atoms with van der Waals surface area (Å²) in [5.41, 5.74) is 0.440. The Morgan fingerprint density at radius 3 is 1.71 bits per heavy atom. The summed E-state index contributed by atoms with van der Waals surface area (Å²) in [6.45, 7) is 16.5. The van der Waals surface area contributed by atoms with Gasteiger partial charge < -0.3 is 0 Å². The molecule has 0 saturated carbocycles. The van der Waals surface area contributed by atoms with E-state index in [4.69, 9.17) is 0 Å². The van der Waals surface area contributed by atoms with Crippen LogP contribution in [0.5, 0.6) is 0 Å². The van der Waals surface area contributed by atoms with Crippen LogP contribution in [0, 0.1) is 5.41 Å². The third kappa shape index (κ3) is 2.96. The number of nitrogens with zero attached hydrogens (tertiary/aromatic N) is 2. The predicted octanol–water partition coefficient (Wildman–Crippen LogP) is 2.41. The van der Waals surface area contributed by atoms with Gasteiger partial charge in [0.05, 0.1) is 6.17 Å². The highest BCUT2D eigenvalue weighted by atomic mass is 15.4. The van der Waals surface area contributed by atoms with Gasteiger partial charge in [0.2, 0.25) is 0 Å². The number of hydrogen-bond donors (Lipinski definition) is 0. The highest BCUT2D eigenvalue weighted by Gasteiger charge is 2.32. The van der Waals surface area contributed by atoms with Crippen LogP contribution in [0.1, 0.15) is 41.0 Å². The van der Waals surface area contributed by atoms with Gasteiger partial charge in [0.1, 0.15) is 0 Å². The van der Waals surface area contributed by atoms with Crippen LogP contribution in [0.2, 0.25) is 0 Å². The first-order valence-electron chi connectivity index (χ1n) is 5.96. The average molecular weight is 198 g/mol. The lowest BCUT2D eigenvalue weighted by atomic mass is 9.90. The van der Waals surface area contributed by atoms with Crippen LogP contribution >= 0.6 is 0 Å². The highest BCUT2D eigenvalue weighted by Crippen LogP contribution is 2.28. The molecule has 1 fully saturated rings. The Morgan fingerprint density at radius 2 is 1.43 bits per heavy atom. The molecule has 0 aromatic heterocycles. The minimum absolute atomic E-state index is 0.440. The summed E-state index contributed by atoms with van der Waals surface area (Å²) < 4.78 is 0. The molecule has 84 valence electrons. The van der Waals surface area contributed by atoms with Crippen molar-refractivity contribution in [2.45, 2.75) is 47.2 Å². The molecule has 0 bridgehead atoms. The quantitative estimate of drug-likeness (QED) is 0.687. The Balaban J connectivity index is 2.60. The molecule has 14 heavy (non-hydrogen) atoms. The fourth-order valence-corrected chi connectivity index (χ4v) is 2.33. The first-order chi connectivity index (χ1) is 6.48. The summed E-state index contributed by atoms with van der Waals surface area (Å²) in [5, 5.41) is 0. The molecule has 1 rings (SSSR count). The summed E-state index contributed by atoms with van der Waals surface area (Å²) in [6.07, 6.45) is 1.97. The van der Waals surface area contributed by atoms with Gasteiger partial charge in [-0.3, -0.25) is 9.80 Å². The minimum Gasteiger partial charge on any atom is -0.287 e. The third-order valence-corrected chi connectivity index (χ3v) is 3.12. The Morgan fingerprint density at radius 1 is 1.00 bits per heavy atom. The zero-order chi connectivity index (χ0) is 10.8. The van der Waals surface area contributed by atoms with Crippen molar-refractivity contribution in [3.8, 4) is 0 Å². The predicted molar refractivity (Wildman–Crippen MR) is 62.4 cm³/mol. The van der Waals surface area contributed by atoms with Crippen LogP contribution in [0.4, 0.5) is 0 Å². The van der Waals surface area contributed by atoms with Crippen LogP contribution < -0.4 is 0 Å². The van der Waals surface area contributed by atoms with E-state index in [-0.39, 0.29) is 0 Å². The van der Waals surface area contributed by atoms with Gasteiger partial charge in [0.25, 0.3) is 0 Å². The van der Waals surface area contributed by atoms with Gasteiger partial charge in [-0.2, -0.15) is 0 Å². The average Bonchev–Trinajstić information content (AvgIpc) is 2.44. The number of likely N-dealkylation sites (N-methyl/N-ethyl adjacent to an activating group) is 2. The van der Waals surface area contributed by atoms with Crippen molar-refractivity contribution in [3.05, 3.63) is 0 Å². The first-order valence-corrected chi connectivity index (χ1v) is 5.96. The summed E-state index contributed by atoms with van der Waals surface area (Å²) in [7, 11) is 0. The largest absolute Gasteiger partial charge is 0.287 e. The minimum atomic E-state index is 0.440. The molecule has 1 aliphatic rings. The van der Waals surface area contributed by atoms with Crippen LogP contribution in [-0.2, 0) is 0 Å². The van der Waals surface area contributed by atoms with Crippen LogP contribution in [0.25, 0.3) is 0 Å². The maximum atomic E-state index is 2.61. The van der Waals surface area contributed by atoms with Crippen LogP contribution in [0.15, 0.2) is 0 Å². The van der Waals surface area contributed by atoms with E-state index in [1.807, 2.05) is 0 Å². The summed E-state index contributed by atoms with van der Waals surface area (Å²) in [6, 6.07) is 0. The molecular weight excluding hydrogens is 172 g/mol. The molecule has 0 radical (unpaired) electrons. The van der Waals surface area contributed by atoms with E-state index in [9.17, 15) is 0 Å². The van der Waals surface area contributed by atoms with Gasteiger partial charge in [-0.15, -0.1) is 0 Å². The smallest absolute Gasteiger partial charge is 0.0628 e. The summed E-state index contributed by atoms with van der Waals surface area (Å²) in [4.78, 5) is 5.21. The summed E-state index contributed by atoms with van der Waals surface area (Å²) in [5.74, 6) is 0. The van der Waals surface area contributed by atoms with Gasteiger partial charge in [-0.25, -0.2) is 0 Å². The van der Waals surface area contributed by atoms with Gasteiger partial charge in [-0.1, -0.05) is 34.6 Å². The Kier molecular flexibility index (Phi) is 3.96. The summed E-state index contributed by atoms with van der Waals surface area (Å²) >= 11 is 0. The fraction of sp³-hybridized carbons (Fsp3) is 1.00. The second-order valence-corrected chi connectivity index (χ2v) is 5.50. The number of rotatable bonds is 3. The van der Waals surface area contributed by atoms with E-state index < -0.39 is 0 Å². The molecule has 2 nitrogen and oxygen atoms in total. The second kappa shape index (κ2) is 4.63. The van der Waals surface area contributed by atoms with Crippen molar-refractivity contribution in [3.63, 3.8) is 0 Å². The maximum Gasteiger partial charge on any atom is 0.0628 e. The zero-order valence-electron chi connectivity index (χ0n) is 10.5. The number of hydrogen-bond acceptors (Lipinski definition) is 2. The van der Waals surface area contributed by atoms with E-state index in [0.717, 1.165) is 0 Å². The topological polar surface area (TPSA) is 6.48 Å². The molecule has 1 aliphatic heterocycles. The molecule has 0 aromatic carbocycles. The van der Waals surface area contributed by atoms with Gasteiger partial charge in [0, 0.05) is 13.1 Å². The third-order valence-electron chi connectivity index (χ3n) is 3.12. The molecule has 1 saturated heterocycles. The van der Waals surface area contributed by atoms with Crippen molar-refractivity contribution >= 4 is 0 Å². The maximum absolute atomic E-state index is 2.61. The van der Waals surface area contributed by atoms with Gasteiger partial charge in [-0.05, 0) is 24.9 Å². The van der Waals surface area contributed by atoms with Crippen molar-refractivity contribution in [1.29, 1.82) is 0 Å². The normalized spacial score (nSPS) is 22.1. The van der Waals surface area contributed by atoms with Crippen molar-refractivity contribution in [1.82, 2.24) is 9.80 Å². The Bertz CT molecular complexity index is 160. The van der Waals surface area contributed by atoms with Gasteiger partial charge in [0.15, 0.2) is 0 Å². The molecule has 0 spiro atoms. The molecular formula is C12H26N2. The molecule has 0 unspecified atom stereocenters. The standard InChI is InChI=1S/C12H26N2/c1-6-13-8-9-14(7-2)11(13)10-12(3,4)5/h11H,6-10H2,1-5H3. The van der Waals surface area contributed by atoms with Crippen LogP contribution in [0.3, 0.4) is 0 Å². The van der Waals surface area contributed by atoms with E-state index in [1.165, 1.54) is 32.6 Å². The SMILES string of the molecule is CCN1CCN(CC)C1CC(C)(C)C. The molecule has 1 heterocycles. The first kappa shape index (κ1) is 12.0. The van der Waals surface area contributed by atoms with Crippen molar-refractivity contribution in [2.75, 3.05) is 26.2 Å². The van der Waals surface area contributed by atoms with E-state index in [2.05, 4.69) is 44.4 Å². The van der Waals surface area contributed by atoms with E-state index >= 15 is 0 Å². The van der Waals surface area contributed by atoms with Crippen molar-refractivity contribution < 1.29 is 0 Å². The zero-order valence-corrected chi connectivity index (χ0v) is 10.5. The highest BCUT2D eigenvalue weighted by molar-refractivity contribution is 4.83. The lowest BCUT2D eigenvalue weighted by molar-refractivity contribution is 0.0995. The lowest BCUT2D eigenvalue weighted by Gasteiger charge is -2.34. The van der Waals surface area contributed by atoms with Gasteiger partial charge >= 0.3 is 0 Å². The monoisotopic (exact) mass is 198 g/mol. The second-order valence-electron chi connectivity index (χ2n) is 5.50. The molecule has 0 N–H and O–H groups in total. The lowest BCUT2D eigenvalue weighted by Crippen LogP contribution is -2.41. The van der Waals surface area contributed by atoms with E-state index in [0.29, 0.717) is 11.6 Å². The van der Waals surface area contributed by atoms with Crippen molar-refractivity contribution in [2.24, 2.45) is 5.41 Å². The Labute approximate surface area is 89.3 Å². The fourth-order valence-electron chi connectivity index (χ4n) is 2.33. The molecule has 0 aromatic rings.